The van der Waals surface area contributed by atoms with Crippen molar-refractivity contribution >= 4 is 5.91 Å². The minimum atomic E-state index is -0.308. The number of carbonyl (C=O) groups is 1. The number of carbonyl (C=O) groups excluding carboxylic acids is 1. The maximum Gasteiger partial charge on any atom is 0.273 e. The van der Waals surface area contributed by atoms with Crippen molar-refractivity contribution in [3.63, 3.8) is 0 Å². The van der Waals surface area contributed by atoms with E-state index in [4.69, 9.17) is 0 Å². The normalized spacial score (nSPS) is 12.1. The van der Waals surface area contributed by atoms with E-state index in [1.54, 1.807) is 16.9 Å². The van der Waals surface area contributed by atoms with Crippen molar-refractivity contribution < 1.29 is 9.18 Å². The second-order valence-corrected chi connectivity index (χ2v) is 6.53. The summed E-state index contributed by atoms with van der Waals surface area (Å²) in [5.74, 6) is -0.605. The van der Waals surface area contributed by atoms with Gasteiger partial charge in [-0.2, -0.15) is 0 Å². The Hall–Kier alpha value is -3.06. The Morgan fingerprint density at radius 3 is 2.67 bits per heavy atom. The van der Waals surface area contributed by atoms with Gasteiger partial charge in [0.05, 0.1) is 18.8 Å². The first-order valence-corrected chi connectivity index (χ1v) is 8.67. The van der Waals surface area contributed by atoms with Crippen LogP contribution in [0.15, 0.2) is 60.8 Å². The van der Waals surface area contributed by atoms with Crippen LogP contribution in [0, 0.1) is 5.82 Å². The van der Waals surface area contributed by atoms with E-state index in [1.165, 1.54) is 12.1 Å². The predicted molar refractivity (Wildman–Crippen MR) is 101 cm³/mol. The second kappa shape index (κ2) is 8.55. The van der Waals surface area contributed by atoms with Gasteiger partial charge in [-0.3, -0.25) is 4.79 Å². The smallest absolute Gasteiger partial charge is 0.273 e. The van der Waals surface area contributed by atoms with Gasteiger partial charge in [0, 0.05) is 6.54 Å². The minimum Gasteiger partial charge on any atom is -0.349 e. The number of aromatic nitrogens is 3. The first kappa shape index (κ1) is 18.7. The molecule has 6 nitrogen and oxygen atoms in total. The fraction of sp³-hybridized carbons (Fsp3) is 0.250. The lowest BCUT2D eigenvalue weighted by Crippen LogP contribution is -2.34. The number of nitrogens with zero attached hydrogens (tertiary/aromatic N) is 4. The number of nitrogens with one attached hydrogen (secondary N) is 1. The molecule has 0 aliphatic rings. The molecule has 0 aliphatic carbocycles. The molecule has 0 saturated heterocycles. The van der Waals surface area contributed by atoms with Gasteiger partial charge in [0.15, 0.2) is 5.69 Å². The quantitative estimate of drug-likeness (QED) is 0.697. The minimum absolute atomic E-state index is 0.149. The van der Waals surface area contributed by atoms with E-state index in [0.717, 1.165) is 11.1 Å². The summed E-state index contributed by atoms with van der Waals surface area (Å²) < 4.78 is 15.1. The van der Waals surface area contributed by atoms with E-state index in [0.29, 0.717) is 13.1 Å². The molecule has 140 valence electrons. The number of hydrogen-bond donors (Lipinski definition) is 1. The van der Waals surface area contributed by atoms with Crippen molar-refractivity contribution in [1.82, 2.24) is 25.2 Å². The van der Waals surface area contributed by atoms with E-state index < -0.39 is 0 Å². The van der Waals surface area contributed by atoms with E-state index in [9.17, 15) is 9.18 Å². The van der Waals surface area contributed by atoms with Gasteiger partial charge < -0.3 is 10.2 Å². The van der Waals surface area contributed by atoms with Gasteiger partial charge >= 0.3 is 0 Å². The molecule has 2 aromatic carbocycles. The molecule has 0 fully saturated rings. The topological polar surface area (TPSA) is 63.1 Å². The van der Waals surface area contributed by atoms with Crippen LogP contribution >= 0.6 is 0 Å². The van der Waals surface area contributed by atoms with Crippen LogP contribution in [0.2, 0.25) is 0 Å². The number of benzene rings is 2. The number of halogens is 1. The summed E-state index contributed by atoms with van der Waals surface area (Å²) in [7, 11) is 3.77. The van der Waals surface area contributed by atoms with E-state index in [-0.39, 0.29) is 23.5 Å². The fourth-order valence-corrected chi connectivity index (χ4v) is 2.84. The summed E-state index contributed by atoms with van der Waals surface area (Å²) in [6.45, 7) is 0.881. The van der Waals surface area contributed by atoms with Gasteiger partial charge in [-0.05, 0) is 37.4 Å². The average molecular weight is 367 g/mol. The number of amides is 1. The van der Waals surface area contributed by atoms with Crippen LogP contribution in [-0.2, 0) is 6.54 Å². The Kier molecular flexibility index (Phi) is 5.93. The molecule has 1 atom stereocenters. The zero-order valence-electron chi connectivity index (χ0n) is 15.3. The van der Waals surface area contributed by atoms with Gasteiger partial charge in [0.25, 0.3) is 5.91 Å². The molecule has 3 aromatic rings. The predicted octanol–water partition coefficient (Wildman–Crippen LogP) is 2.50. The van der Waals surface area contributed by atoms with E-state index >= 15 is 0 Å². The highest BCUT2D eigenvalue weighted by Gasteiger charge is 2.18. The maximum absolute atomic E-state index is 13.5. The number of hydrogen-bond acceptors (Lipinski definition) is 4. The van der Waals surface area contributed by atoms with Gasteiger partial charge in [0.1, 0.15) is 5.82 Å². The Morgan fingerprint density at radius 2 is 1.96 bits per heavy atom. The van der Waals surface area contributed by atoms with Gasteiger partial charge in [0.2, 0.25) is 0 Å². The van der Waals surface area contributed by atoms with Crippen LogP contribution < -0.4 is 5.32 Å². The first-order chi connectivity index (χ1) is 13.0. The van der Waals surface area contributed by atoms with E-state index in [2.05, 4.69) is 15.6 Å². The van der Waals surface area contributed by atoms with Crippen molar-refractivity contribution in [3.05, 3.63) is 83.4 Å². The lowest BCUT2D eigenvalue weighted by Gasteiger charge is -2.25. The third kappa shape index (κ3) is 4.98. The summed E-state index contributed by atoms with van der Waals surface area (Å²) in [6, 6.07) is 16.1. The maximum atomic E-state index is 13.5. The molecule has 0 radical (unpaired) electrons. The Labute approximate surface area is 157 Å². The summed E-state index contributed by atoms with van der Waals surface area (Å²) in [4.78, 5) is 14.3. The molecule has 1 unspecified atom stereocenters. The summed E-state index contributed by atoms with van der Waals surface area (Å²) in [5, 5.41) is 10.8. The molecule has 7 heteroatoms. The van der Waals surface area contributed by atoms with E-state index in [1.807, 2.05) is 55.4 Å². The Morgan fingerprint density at radius 1 is 1.19 bits per heavy atom. The van der Waals surface area contributed by atoms with Crippen molar-refractivity contribution in [2.24, 2.45) is 0 Å². The molecule has 0 spiro atoms. The van der Waals surface area contributed by atoms with Gasteiger partial charge in [-0.1, -0.05) is 47.7 Å². The third-order valence-corrected chi connectivity index (χ3v) is 4.27. The van der Waals surface area contributed by atoms with Gasteiger partial charge in [-0.25, -0.2) is 9.07 Å². The molecule has 3 rings (SSSR count). The monoisotopic (exact) mass is 367 g/mol. The summed E-state index contributed by atoms with van der Waals surface area (Å²) in [5.41, 5.74) is 2.13. The number of rotatable bonds is 7. The lowest BCUT2D eigenvalue weighted by atomic mass is 10.1. The first-order valence-electron chi connectivity index (χ1n) is 8.67. The Bertz CT molecular complexity index is 894. The summed E-state index contributed by atoms with van der Waals surface area (Å²) in [6.07, 6.45) is 1.62. The third-order valence-electron chi connectivity index (χ3n) is 4.27. The molecule has 0 aliphatic heterocycles. The fourth-order valence-electron chi connectivity index (χ4n) is 2.84. The molecule has 27 heavy (non-hydrogen) atoms. The van der Waals surface area contributed by atoms with Crippen molar-refractivity contribution in [2.45, 2.75) is 12.6 Å². The molecule has 1 aromatic heterocycles. The molecule has 1 N–H and O–H groups in total. The lowest BCUT2D eigenvalue weighted by molar-refractivity contribution is 0.0937. The SMILES string of the molecule is CN(C)C(CNC(=O)c1cn(Cc2ccccc2)nn1)c1cccc(F)c1. The standard InChI is InChI=1S/C20H22FN5O/c1-25(2)19(16-9-6-10-17(21)11-16)12-22-20(27)18-14-26(24-23-18)13-15-7-4-3-5-8-15/h3-11,14,19H,12-13H2,1-2H3,(H,22,27). The van der Waals surface area contributed by atoms with Crippen molar-refractivity contribution in [3.8, 4) is 0 Å². The number of likely N-dealkylation sites (N-methyl/N-ethyl adjacent to an activating group) is 1. The zero-order chi connectivity index (χ0) is 19.2. The van der Waals surface area contributed by atoms with Crippen molar-refractivity contribution in [1.29, 1.82) is 0 Å². The molecule has 1 heterocycles. The molecular weight excluding hydrogens is 345 g/mol. The van der Waals surface area contributed by atoms with Crippen LogP contribution in [0.1, 0.15) is 27.7 Å². The molecule has 0 bridgehead atoms. The van der Waals surface area contributed by atoms with Crippen LogP contribution in [-0.4, -0.2) is 46.4 Å². The van der Waals surface area contributed by atoms with Crippen LogP contribution in [0.5, 0.6) is 0 Å². The highest BCUT2D eigenvalue weighted by atomic mass is 19.1. The highest BCUT2D eigenvalue weighted by molar-refractivity contribution is 5.91. The molecule has 1 amide bonds. The largest absolute Gasteiger partial charge is 0.349 e. The second-order valence-electron chi connectivity index (χ2n) is 6.53. The van der Waals surface area contributed by atoms with Crippen LogP contribution in [0.4, 0.5) is 4.39 Å². The zero-order valence-corrected chi connectivity index (χ0v) is 15.3. The Balaban J connectivity index is 1.63. The average Bonchev–Trinajstić information content (AvgIpc) is 3.11. The molecular formula is C20H22FN5O. The summed E-state index contributed by atoms with van der Waals surface area (Å²) >= 11 is 0. The van der Waals surface area contributed by atoms with Crippen LogP contribution in [0.25, 0.3) is 0 Å². The van der Waals surface area contributed by atoms with Gasteiger partial charge in [-0.15, -0.1) is 5.10 Å². The highest BCUT2D eigenvalue weighted by Crippen LogP contribution is 2.18. The molecule has 0 saturated carbocycles. The van der Waals surface area contributed by atoms with Crippen LogP contribution in [0.3, 0.4) is 0 Å². The van der Waals surface area contributed by atoms with Crippen molar-refractivity contribution in [2.75, 3.05) is 20.6 Å².